The molecular formula is C16H25N3O+2. The number of aromatic amines is 1. The van der Waals surface area contributed by atoms with Crippen LogP contribution < -0.4 is 15.8 Å². The summed E-state index contributed by atoms with van der Waals surface area (Å²) in [6.07, 6.45) is 1.17. The lowest BCUT2D eigenvalue weighted by Gasteiger charge is -2.06. The van der Waals surface area contributed by atoms with Gasteiger partial charge in [0.2, 0.25) is 0 Å². The number of hydrogen-bond acceptors (Lipinski definition) is 1. The molecule has 1 aromatic heterocycles. The lowest BCUT2D eigenvalue weighted by atomic mass is 10.1. The van der Waals surface area contributed by atoms with E-state index >= 15 is 0 Å². The zero-order valence-electron chi connectivity index (χ0n) is 12.6. The molecule has 1 aromatic carbocycles. The van der Waals surface area contributed by atoms with Crippen LogP contribution in [0.2, 0.25) is 0 Å². The second kappa shape index (κ2) is 6.68. The van der Waals surface area contributed by atoms with Crippen molar-refractivity contribution in [3.05, 3.63) is 45.7 Å². The number of fused-ring (bicyclic) bond motifs is 1. The van der Waals surface area contributed by atoms with Gasteiger partial charge in [0.15, 0.2) is 0 Å². The minimum absolute atomic E-state index is 0.0394. The normalized spacial score (nSPS) is 11.4. The Kier molecular flexibility index (Phi) is 4.93. The summed E-state index contributed by atoms with van der Waals surface area (Å²) in [5.41, 5.74) is 2.99. The molecule has 0 saturated carbocycles. The van der Waals surface area contributed by atoms with Crippen LogP contribution in [0.15, 0.2) is 29.1 Å². The van der Waals surface area contributed by atoms with Gasteiger partial charge in [-0.15, -0.1) is 0 Å². The quantitative estimate of drug-likeness (QED) is 0.608. The largest absolute Gasteiger partial charge is 0.342 e. The smallest absolute Gasteiger partial charge is 0.257 e. The lowest BCUT2D eigenvalue weighted by molar-refractivity contribution is -0.860. The van der Waals surface area contributed by atoms with Crippen LogP contribution in [0.25, 0.3) is 10.9 Å². The Hall–Kier alpha value is -1.65. The first-order chi connectivity index (χ1) is 9.56. The molecule has 0 radical (unpaired) electrons. The highest BCUT2D eigenvalue weighted by Gasteiger charge is 2.05. The van der Waals surface area contributed by atoms with E-state index in [4.69, 9.17) is 0 Å². The number of hydrogen-bond donors (Lipinski definition) is 3. The predicted octanol–water partition coefficient (Wildman–Crippen LogP) is -0.565. The molecule has 0 unspecified atom stereocenters. The molecule has 0 aliphatic carbocycles. The number of rotatable bonds is 6. The standard InChI is InChI=1S/C16H23N3O/c1-12-5-6-13-10-14(16(20)18-15(13)9-12)11-17-7-4-8-19(2)3/h5-6,9-10,17H,4,7-8,11H2,1-3H3,(H,18,20)/p+2. The van der Waals surface area contributed by atoms with E-state index in [1.165, 1.54) is 23.4 Å². The summed E-state index contributed by atoms with van der Waals surface area (Å²) in [7, 11) is 4.33. The van der Waals surface area contributed by atoms with Crippen LogP contribution in [0.5, 0.6) is 0 Å². The van der Waals surface area contributed by atoms with Gasteiger partial charge < -0.3 is 15.2 Å². The Balaban J connectivity index is 2.01. The monoisotopic (exact) mass is 275 g/mol. The molecule has 2 aromatic rings. The summed E-state index contributed by atoms with van der Waals surface area (Å²) in [6.45, 7) is 5.02. The third-order valence-corrected chi connectivity index (χ3v) is 3.53. The van der Waals surface area contributed by atoms with E-state index in [0.29, 0.717) is 0 Å². The maximum absolute atomic E-state index is 12.0. The zero-order valence-corrected chi connectivity index (χ0v) is 12.6. The highest BCUT2D eigenvalue weighted by Crippen LogP contribution is 2.12. The third-order valence-electron chi connectivity index (χ3n) is 3.53. The van der Waals surface area contributed by atoms with Gasteiger partial charge in [-0.05, 0) is 30.0 Å². The fourth-order valence-corrected chi connectivity index (χ4v) is 2.37. The Morgan fingerprint density at radius 1 is 1.25 bits per heavy atom. The number of aryl methyl sites for hydroxylation is 1. The van der Waals surface area contributed by atoms with Crippen LogP contribution >= 0.6 is 0 Å². The first-order valence-electron chi connectivity index (χ1n) is 7.29. The number of nitrogens with one attached hydrogen (secondary N) is 2. The Labute approximate surface area is 119 Å². The van der Waals surface area contributed by atoms with Crippen LogP contribution in [0.3, 0.4) is 0 Å². The van der Waals surface area contributed by atoms with Gasteiger partial charge in [0.25, 0.3) is 5.56 Å². The van der Waals surface area contributed by atoms with Crippen LogP contribution in [-0.4, -0.2) is 32.2 Å². The number of aromatic nitrogens is 1. The average Bonchev–Trinajstić information content (AvgIpc) is 2.38. The van der Waals surface area contributed by atoms with E-state index in [-0.39, 0.29) is 5.56 Å². The number of H-pyrrole nitrogens is 1. The van der Waals surface area contributed by atoms with Crippen LogP contribution in [0, 0.1) is 6.92 Å². The van der Waals surface area contributed by atoms with E-state index in [2.05, 4.69) is 36.5 Å². The molecule has 0 fully saturated rings. The van der Waals surface area contributed by atoms with Crippen molar-refractivity contribution in [2.24, 2.45) is 0 Å². The molecule has 0 spiro atoms. The van der Waals surface area contributed by atoms with E-state index in [1.54, 1.807) is 0 Å². The molecule has 20 heavy (non-hydrogen) atoms. The van der Waals surface area contributed by atoms with Crippen LogP contribution in [0.1, 0.15) is 17.5 Å². The predicted molar refractivity (Wildman–Crippen MR) is 82.1 cm³/mol. The minimum Gasteiger partial charge on any atom is -0.342 e. The Morgan fingerprint density at radius 3 is 2.80 bits per heavy atom. The molecule has 0 atom stereocenters. The van der Waals surface area contributed by atoms with Gasteiger partial charge >= 0.3 is 0 Å². The van der Waals surface area contributed by atoms with Gasteiger partial charge in [-0.3, -0.25) is 4.79 Å². The molecule has 0 bridgehead atoms. The molecule has 4 N–H and O–H groups in total. The summed E-state index contributed by atoms with van der Waals surface area (Å²) in [6, 6.07) is 8.18. The topological polar surface area (TPSA) is 53.9 Å². The molecule has 4 nitrogen and oxygen atoms in total. The fourth-order valence-electron chi connectivity index (χ4n) is 2.37. The maximum Gasteiger partial charge on any atom is 0.257 e. The van der Waals surface area contributed by atoms with Gasteiger partial charge in [-0.2, -0.15) is 0 Å². The maximum atomic E-state index is 12.0. The first kappa shape index (κ1) is 14.8. The average molecular weight is 275 g/mol. The molecular weight excluding hydrogens is 250 g/mol. The molecule has 0 aliphatic heterocycles. The van der Waals surface area contributed by atoms with E-state index in [0.717, 1.165) is 29.6 Å². The van der Waals surface area contributed by atoms with E-state index in [1.807, 2.05) is 19.1 Å². The molecule has 1 heterocycles. The lowest BCUT2D eigenvalue weighted by Crippen LogP contribution is -3.06. The van der Waals surface area contributed by atoms with Crippen molar-refractivity contribution in [2.45, 2.75) is 19.9 Å². The number of nitrogens with two attached hydrogens (primary N) is 1. The van der Waals surface area contributed by atoms with Crippen molar-refractivity contribution >= 4 is 10.9 Å². The highest BCUT2D eigenvalue weighted by atomic mass is 16.1. The van der Waals surface area contributed by atoms with Gasteiger partial charge in [-0.1, -0.05) is 12.1 Å². The minimum atomic E-state index is 0.0394. The molecule has 4 heteroatoms. The highest BCUT2D eigenvalue weighted by molar-refractivity contribution is 5.79. The van der Waals surface area contributed by atoms with Gasteiger partial charge in [0.1, 0.15) is 6.54 Å². The summed E-state index contributed by atoms with van der Waals surface area (Å²) in [5, 5.41) is 3.32. The number of benzene rings is 1. The Bertz CT molecular complexity index is 631. The van der Waals surface area contributed by atoms with Crippen LogP contribution in [-0.2, 0) is 6.54 Å². The van der Waals surface area contributed by atoms with Crippen molar-refractivity contribution in [2.75, 3.05) is 27.2 Å². The summed E-state index contributed by atoms with van der Waals surface area (Å²) < 4.78 is 0. The molecule has 0 aliphatic rings. The van der Waals surface area contributed by atoms with Crippen molar-refractivity contribution in [1.82, 2.24) is 4.98 Å². The molecule has 0 saturated heterocycles. The second-order valence-corrected chi connectivity index (χ2v) is 5.81. The molecule has 0 amide bonds. The first-order valence-corrected chi connectivity index (χ1v) is 7.29. The van der Waals surface area contributed by atoms with E-state index < -0.39 is 0 Å². The van der Waals surface area contributed by atoms with Crippen molar-refractivity contribution in [3.63, 3.8) is 0 Å². The van der Waals surface area contributed by atoms with Gasteiger partial charge in [-0.25, -0.2) is 0 Å². The van der Waals surface area contributed by atoms with Gasteiger partial charge in [0.05, 0.1) is 32.7 Å². The molecule has 2 rings (SSSR count). The van der Waals surface area contributed by atoms with E-state index in [9.17, 15) is 4.79 Å². The summed E-state index contributed by atoms with van der Waals surface area (Å²) >= 11 is 0. The van der Waals surface area contributed by atoms with Crippen molar-refractivity contribution in [3.8, 4) is 0 Å². The van der Waals surface area contributed by atoms with Crippen LogP contribution in [0.4, 0.5) is 0 Å². The SMILES string of the molecule is Cc1ccc2cc(C[NH2+]CCC[NH+](C)C)c(=O)[nH]c2c1. The number of quaternary nitrogens is 2. The summed E-state index contributed by atoms with van der Waals surface area (Å²) in [5.74, 6) is 0. The van der Waals surface area contributed by atoms with Crippen molar-refractivity contribution < 1.29 is 10.2 Å². The van der Waals surface area contributed by atoms with Crippen molar-refractivity contribution in [1.29, 1.82) is 0 Å². The fraction of sp³-hybridized carbons (Fsp3) is 0.438. The summed E-state index contributed by atoms with van der Waals surface area (Å²) in [4.78, 5) is 16.5. The Morgan fingerprint density at radius 2 is 2.05 bits per heavy atom. The second-order valence-electron chi connectivity index (χ2n) is 5.81. The van der Waals surface area contributed by atoms with Gasteiger partial charge in [0, 0.05) is 11.9 Å². The molecule has 108 valence electrons. The third kappa shape index (κ3) is 3.92. The zero-order chi connectivity index (χ0) is 14.5. The number of pyridine rings is 1.